The van der Waals surface area contributed by atoms with Crippen molar-refractivity contribution < 1.29 is 26.9 Å². The SMILES string of the molecule is Cc1ccc(S(=O)(=O)OC2=C(Br)C(=O)c3ccc4c(c3C2=O)C=CC(C)(C)O4)cc1. The Labute approximate surface area is 182 Å². The van der Waals surface area contributed by atoms with Crippen LogP contribution in [-0.4, -0.2) is 25.6 Å². The molecule has 2 aliphatic rings. The molecule has 0 N–H and O–H groups in total. The van der Waals surface area contributed by atoms with Crippen molar-refractivity contribution in [3.8, 4) is 5.75 Å². The summed E-state index contributed by atoms with van der Waals surface area (Å²) in [5, 5.41) is 0. The molecule has 154 valence electrons. The number of Topliss-reactive ketones (excluding diaryl/α,β-unsaturated/α-hetero) is 2. The van der Waals surface area contributed by atoms with Gasteiger partial charge in [0, 0.05) is 16.7 Å². The van der Waals surface area contributed by atoms with Crippen LogP contribution in [0, 0.1) is 6.92 Å². The van der Waals surface area contributed by atoms with Crippen molar-refractivity contribution in [2.24, 2.45) is 0 Å². The van der Waals surface area contributed by atoms with E-state index in [-0.39, 0.29) is 20.5 Å². The van der Waals surface area contributed by atoms with Gasteiger partial charge in [0.25, 0.3) is 0 Å². The molecule has 0 unspecified atom stereocenters. The number of fused-ring (bicyclic) bond motifs is 3. The summed E-state index contributed by atoms with van der Waals surface area (Å²) in [6.45, 7) is 5.53. The third-order valence-corrected chi connectivity index (χ3v) is 6.77. The highest BCUT2D eigenvalue weighted by molar-refractivity contribution is 9.12. The van der Waals surface area contributed by atoms with Gasteiger partial charge < -0.3 is 8.92 Å². The first-order valence-electron chi connectivity index (χ1n) is 9.06. The Hall–Kier alpha value is -2.71. The predicted octanol–water partition coefficient (Wildman–Crippen LogP) is 4.57. The van der Waals surface area contributed by atoms with Gasteiger partial charge in [-0.2, -0.15) is 8.42 Å². The van der Waals surface area contributed by atoms with Crippen LogP contribution < -0.4 is 4.74 Å². The Balaban J connectivity index is 1.80. The van der Waals surface area contributed by atoms with Crippen molar-refractivity contribution in [2.45, 2.75) is 31.3 Å². The Morgan fingerprint density at radius 1 is 1.00 bits per heavy atom. The smallest absolute Gasteiger partial charge is 0.339 e. The first-order chi connectivity index (χ1) is 14.0. The second-order valence-corrected chi connectivity index (χ2v) is 9.93. The number of ether oxygens (including phenoxy) is 1. The summed E-state index contributed by atoms with van der Waals surface area (Å²) in [5.41, 5.74) is 0.917. The summed E-state index contributed by atoms with van der Waals surface area (Å²) in [4.78, 5) is 26.0. The summed E-state index contributed by atoms with van der Waals surface area (Å²) >= 11 is 3.05. The highest BCUT2D eigenvalue weighted by Gasteiger charge is 2.39. The van der Waals surface area contributed by atoms with E-state index in [4.69, 9.17) is 8.92 Å². The lowest BCUT2D eigenvalue weighted by Gasteiger charge is -2.30. The first-order valence-corrected chi connectivity index (χ1v) is 11.3. The molecule has 0 radical (unpaired) electrons. The first kappa shape index (κ1) is 20.6. The quantitative estimate of drug-likeness (QED) is 0.588. The van der Waals surface area contributed by atoms with Gasteiger partial charge in [0.2, 0.25) is 17.3 Å². The van der Waals surface area contributed by atoms with E-state index < -0.39 is 33.0 Å². The standard InChI is InChI=1S/C22H17BrO6S/c1-12-4-6-13(7-5-12)30(26,27)29-21-18(23)19(24)15-8-9-16-14(17(15)20(21)25)10-11-22(2,3)28-16/h4-11H,1-3H3. The summed E-state index contributed by atoms with van der Waals surface area (Å²) in [6, 6.07) is 9.10. The molecule has 8 heteroatoms. The maximum Gasteiger partial charge on any atom is 0.339 e. The molecule has 0 aromatic heterocycles. The number of halogens is 1. The number of carbonyl (C=O) groups is 2. The Morgan fingerprint density at radius 2 is 1.67 bits per heavy atom. The molecule has 0 spiro atoms. The molecule has 1 aliphatic carbocycles. The van der Waals surface area contributed by atoms with E-state index in [9.17, 15) is 18.0 Å². The second kappa shape index (κ2) is 6.92. The third-order valence-electron chi connectivity index (χ3n) is 4.81. The lowest BCUT2D eigenvalue weighted by molar-refractivity contribution is 0.0944. The van der Waals surface area contributed by atoms with Crippen LogP contribution in [0.2, 0.25) is 0 Å². The average molecular weight is 489 g/mol. The third kappa shape index (κ3) is 3.40. The Kier molecular flexibility index (Phi) is 4.74. The molecule has 0 amide bonds. The molecule has 0 fully saturated rings. The van der Waals surface area contributed by atoms with Gasteiger partial charge in [-0.1, -0.05) is 23.8 Å². The van der Waals surface area contributed by atoms with Gasteiger partial charge in [-0.3, -0.25) is 9.59 Å². The van der Waals surface area contributed by atoms with Crippen LogP contribution in [0.5, 0.6) is 5.75 Å². The zero-order chi connectivity index (χ0) is 21.8. The maximum atomic E-state index is 13.3. The zero-order valence-corrected chi connectivity index (χ0v) is 18.8. The van der Waals surface area contributed by atoms with Crippen LogP contribution in [-0.2, 0) is 14.3 Å². The van der Waals surface area contributed by atoms with Crippen LogP contribution in [0.1, 0.15) is 45.7 Å². The second-order valence-electron chi connectivity index (χ2n) is 7.59. The molecule has 2 aromatic carbocycles. The molecule has 6 nitrogen and oxygen atoms in total. The topological polar surface area (TPSA) is 86.7 Å². The minimum absolute atomic E-state index is 0.0570. The van der Waals surface area contributed by atoms with Crippen molar-refractivity contribution in [3.63, 3.8) is 0 Å². The van der Waals surface area contributed by atoms with E-state index in [2.05, 4.69) is 15.9 Å². The zero-order valence-electron chi connectivity index (χ0n) is 16.4. The van der Waals surface area contributed by atoms with Gasteiger partial charge in [0.05, 0.1) is 0 Å². The number of hydrogen-bond donors (Lipinski definition) is 0. The van der Waals surface area contributed by atoms with Gasteiger partial charge in [-0.25, -0.2) is 0 Å². The van der Waals surface area contributed by atoms with Gasteiger partial charge in [0.15, 0.2) is 0 Å². The van der Waals surface area contributed by atoms with Gasteiger partial charge in [-0.05, 0) is 67.0 Å². The number of aryl methyl sites for hydroxylation is 1. The monoisotopic (exact) mass is 488 g/mol. The fourth-order valence-electron chi connectivity index (χ4n) is 3.26. The number of hydrogen-bond acceptors (Lipinski definition) is 6. The molecule has 1 aliphatic heterocycles. The maximum absolute atomic E-state index is 13.3. The van der Waals surface area contributed by atoms with E-state index in [1.165, 1.54) is 18.2 Å². The normalized spacial score (nSPS) is 17.3. The molecule has 4 rings (SSSR count). The highest BCUT2D eigenvalue weighted by Crippen LogP contribution is 2.40. The molecule has 0 bridgehead atoms. The number of benzene rings is 2. The number of ketones is 2. The van der Waals surface area contributed by atoms with Gasteiger partial charge in [0.1, 0.15) is 20.7 Å². The van der Waals surface area contributed by atoms with Crippen LogP contribution in [0.4, 0.5) is 0 Å². The van der Waals surface area contributed by atoms with E-state index in [0.717, 1.165) is 5.56 Å². The minimum atomic E-state index is -4.32. The molecule has 1 heterocycles. The summed E-state index contributed by atoms with van der Waals surface area (Å²) in [7, 11) is -4.32. The molecular formula is C22H17BrO6S. The Bertz CT molecular complexity index is 1270. The number of rotatable bonds is 3. The highest BCUT2D eigenvalue weighted by atomic mass is 79.9. The van der Waals surface area contributed by atoms with Crippen molar-refractivity contribution in [2.75, 3.05) is 0 Å². The van der Waals surface area contributed by atoms with Gasteiger partial charge >= 0.3 is 10.1 Å². The predicted molar refractivity (Wildman–Crippen MR) is 114 cm³/mol. The lowest BCUT2D eigenvalue weighted by atomic mass is 9.87. The molecular weight excluding hydrogens is 472 g/mol. The van der Waals surface area contributed by atoms with Crippen LogP contribution in [0.3, 0.4) is 0 Å². The molecule has 0 saturated carbocycles. The number of allylic oxidation sites excluding steroid dienone is 2. The van der Waals surface area contributed by atoms with Gasteiger partial charge in [-0.15, -0.1) is 0 Å². The molecule has 0 saturated heterocycles. The van der Waals surface area contributed by atoms with Crippen molar-refractivity contribution >= 4 is 43.7 Å². The lowest BCUT2D eigenvalue weighted by Crippen LogP contribution is -2.30. The van der Waals surface area contributed by atoms with E-state index in [1.54, 1.807) is 30.4 Å². The van der Waals surface area contributed by atoms with Crippen LogP contribution in [0.25, 0.3) is 6.08 Å². The van der Waals surface area contributed by atoms with E-state index in [1.807, 2.05) is 20.8 Å². The van der Waals surface area contributed by atoms with Crippen molar-refractivity contribution in [1.29, 1.82) is 0 Å². The van der Waals surface area contributed by atoms with Crippen molar-refractivity contribution in [3.05, 3.63) is 75.0 Å². The molecule has 2 aromatic rings. The van der Waals surface area contributed by atoms with E-state index in [0.29, 0.717) is 11.3 Å². The molecule has 30 heavy (non-hydrogen) atoms. The van der Waals surface area contributed by atoms with Crippen LogP contribution >= 0.6 is 15.9 Å². The summed E-state index contributed by atoms with van der Waals surface area (Å²) < 4.78 is 36.2. The minimum Gasteiger partial charge on any atom is -0.483 e. The average Bonchev–Trinajstić information content (AvgIpc) is 2.68. The number of carbonyl (C=O) groups excluding carboxylic acids is 2. The Morgan fingerprint density at radius 3 is 2.33 bits per heavy atom. The van der Waals surface area contributed by atoms with E-state index >= 15 is 0 Å². The molecule has 0 atom stereocenters. The fourth-order valence-corrected chi connectivity index (χ4v) is 4.79. The van der Waals surface area contributed by atoms with Crippen LogP contribution in [0.15, 0.2) is 57.6 Å². The fraction of sp³-hybridized carbons (Fsp3) is 0.182. The summed E-state index contributed by atoms with van der Waals surface area (Å²) in [5.74, 6) is -1.39. The largest absolute Gasteiger partial charge is 0.483 e. The summed E-state index contributed by atoms with van der Waals surface area (Å²) in [6.07, 6.45) is 3.47. The van der Waals surface area contributed by atoms with Crippen molar-refractivity contribution in [1.82, 2.24) is 0 Å².